The number of benzene rings is 8. The molecule has 8 rings (SSSR count). The van der Waals surface area contributed by atoms with Gasteiger partial charge < -0.3 is 40.1 Å². The zero-order chi connectivity index (χ0) is 50.1. The summed E-state index contributed by atoms with van der Waals surface area (Å²) in [6, 6.07) is 30.7. The van der Waals surface area contributed by atoms with Gasteiger partial charge in [0.05, 0.1) is 25.6 Å². The number of aromatic hydroxyl groups is 2. The Labute approximate surface area is 453 Å². The van der Waals surface area contributed by atoms with E-state index in [9.17, 15) is 56.6 Å². The number of nitrogens with zero attached hydrogens (tertiary/aromatic N) is 6. The van der Waals surface area contributed by atoms with E-state index in [1.54, 1.807) is 48.5 Å². The molecule has 8 aromatic carbocycles. The van der Waals surface area contributed by atoms with Gasteiger partial charge in [-0.15, -0.1) is 10.2 Å². The molecule has 8 aromatic rings. The molecular weight excluding hydrogens is 995 g/mol. The van der Waals surface area contributed by atoms with Crippen LogP contribution in [0, 0.1) is 0 Å². The topological polar surface area (TPSA) is 328 Å². The van der Waals surface area contributed by atoms with Crippen molar-refractivity contribution >= 4 is 87.7 Å². The molecule has 0 spiro atoms. The Morgan fingerprint density at radius 2 is 0.819 bits per heavy atom. The third-order valence-electron chi connectivity index (χ3n) is 10.6. The van der Waals surface area contributed by atoms with Crippen molar-refractivity contribution in [2.75, 3.05) is 14.2 Å². The van der Waals surface area contributed by atoms with Crippen molar-refractivity contribution in [3.63, 3.8) is 0 Å². The van der Waals surface area contributed by atoms with E-state index in [0.717, 1.165) is 24.3 Å². The van der Waals surface area contributed by atoms with Crippen molar-refractivity contribution in [1.29, 1.82) is 0 Å². The van der Waals surface area contributed by atoms with Crippen LogP contribution in [0.4, 0.5) is 34.1 Å². The van der Waals surface area contributed by atoms with Crippen LogP contribution < -0.4 is 78.8 Å². The first-order valence-electron chi connectivity index (χ1n) is 20.2. The van der Waals surface area contributed by atoms with Crippen molar-refractivity contribution in [3.05, 3.63) is 145 Å². The minimum absolute atomic E-state index is 0. The van der Waals surface area contributed by atoms with E-state index >= 15 is 0 Å². The summed E-state index contributed by atoms with van der Waals surface area (Å²) < 4.78 is 78.0. The zero-order valence-corrected chi connectivity index (χ0v) is 43.8. The number of methoxy groups -OCH3 is 2. The zero-order valence-electron chi connectivity index (χ0n) is 38.2. The molecule has 354 valence electrons. The summed E-state index contributed by atoms with van der Waals surface area (Å²) >= 11 is 0. The van der Waals surface area contributed by atoms with Gasteiger partial charge in [0.1, 0.15) is 55.5 Å². The Bertz CT molecular complexity index is 3550. The fourth-order valence-corrected chi connectivity index (χ4v) is 8.63. The molecule has 24 heteroatoms. The third-order valence-corrected chi connectivity index (χ3v) is 12.4. The number of rotatable bonds is 13. The molecule has 0 aliphatic carbocycles. The molecule has 0 amide bonds. The number of phenolic OH excluding ortho intramolecular Hbond substituents is 2. The maximum Gasteiger partial charge on any atom is 1.00 e. The number of aliphatic hydroxyl groups excluding tert-OH is 2. The molecule has 0 bridgehead atoms. The number of fused-ring (bicyclic) bond motifs is 2. The van der Waals surface area contributed by atoms with Gasteiger partial charge in [-0.25, -0.2) is 9.98 Å². The van der Waals surface area contributed by atoms with Gasteiger partial charge >= 0.3 is 59.1 Å². The standard InChI is InChI=1S/C48H36N6O14S2.2Na/c1-67-41-21-25(11-17-35(41)49-47(59)27-13-15-33(37(55)19-27)51-53-45-31-9-5-3-7-29(31)43(23-39(45)57)69(61,62)63)26-12-18-36(42(22-26)68-2)50-48(60)28-14-16-34(38(56)20-28)52-54-46-32-10-6-4-8-30(32)44(24-40(46)58)70(64,65)66;;/h3-24,55-58H,1-2H3,(H,49,59)(H,50,60)(H,61,62,63)(H,64,65,66);;/q;2*+1/p-2. The molecule has 72 heavy (non-hydrogen) atoms. The van der Waals surface area contributed by atoms with Crippen molar-refractivity contribution in [1.82, 2.24) is 0 Å². The Kier molecular flexibility index (Phi) is 16.8. The Morgan fingerprint density at radius 1 is 0.472 bits per heavy atom. The first-order chi connectivity index (χ1) is 33.3. The Morgan fingerprint density at radius 3 is 1.15 bits per heavy atom. The molecule has 0 aliphatic heterocycles. The predicted octanol–water partition coefficient (Wildman–Crippen LogP) is 3.84. The minimum Gasteiger partial charge on any atom is -0.871 e. The van der Waals surface area contributed by atoms with E-state index in [-0.39, 0.29) is 137 Å². The first-order valence-corrected chi connectivity index (χ1v) is 23.0. The van der Waals surface area contributed by atoms with Crippen LogP contribution in [-0.4, -0.2) is 72.4 Å². The summed E-state index contributed by atoms with van der Waals surface area (Å²) in [5.74, 6) is -3.17. The second-order valence-electron chi connectivity index (χ2n) is 14.9. The fraction of sp³-hybridized carbons (Fsp3) is 0.0417. The molecule has 20 nitrogen and oxygen atoms in total. The van der Waals surface area contributed by atoms with Crippen LogP contribution in [0.15, 0.2) is 174 Å². The molecule has 0 fully saturated rings. The van der Waals surface area contributed by atoms with Gasteiger partial charge in [0, 0.05) is 44.8 Å². The van der Waals surface area contributed by atoms with Gasteiger partial charge in [-0.1, -0.05) is 84.3 Å². The Balaban J connectivity index is 0.00000423. The van der Waals surface area contributed by atoms with E-state index in [1.807, 2.05) is 0 Å². The summed E-state index contributed by atoms with van der Waals surface area (Å²) in [6.45, 7) is 0. The number of hydrogen-bond acceptors (Lipinski definition) is 16. The van der Waals surface area contributed by atoms with E-state index in [2.05, 4.69) is 30.4 Å². The second kappa shape index (κ2) is 22.2. The van der Waals surface area contributed by atoms with Gasteiger partial charge in [0.15, 0.2) is 0 Å². The van der Waals surface area contributed by atoms with Gasteiger partial charge in [-0.2, -0.15) is 27.1 Å². The van der Waals surface area contributed by atoms with Crippen LogP contribution >= 0.6 is 0 Å². The molecule has 0 saturated heterocycles. The van der Waals surface area contributed by atoms with E-state index in [1.165, 1.54) is 74.9 Å². The predicted molar refractivity (Wildman–Crippen MR) is 254 cm³/mol. The van der Waals surface area contributed by atoms with Crippen molar-refractivity contribution in [3.8, 4) is 45.6 Å². The molecular formula is C48H34N6Na2O14S2. The maximum absolute atomic E-state index is 13.0. The van der Waals surface area contributed by atoms with Gasteiger partial charge in [0.2, 0.25) is 11.8 Å². The third kappa shape index (κ3) is 11.5. The molecule has 0 aliphatic rings. The molecule has 0 unspecified atom stereocenters. The van der Waals surface area contributed by atoms with Gasteiger partial charge in [-0.05, 0) is 59.7 Å². The molecule has 0 atom stereocenters. The van der Waals surface area contributed by atoms with Crippen LogP contribution in [0.3, 0.4) is 0 Å². The fourth-order valence-electron chi connectivity index (χ4n) is 7.20. The number of phenols is 2. The van der Waals surface area contributed by atoms with Crippen LogP contribution in [0.2, 0.25) is 0 Å². The molecule has 0 radical (unpaired) electrons. The van der Waals surface area contributed by atoms with E-state index in [0.29, 0.717) is 11.1 Å². The van der Waals surface area contributed by atoms with Crippen molar-refractivity contribution in [2.24, 2.45) is 30.4 Å². The summed E-state index contributed by atoms with van der Waals surface area (Å²) in [6.07, 6.45) is 0. The van der Waals surface area contributed by atoms with Crippen LogP contribution in [0.1, 0.15) is 11.1 Å². The number of hydrogen-bond donors (Lipinski definition) is 6. The minimum atomic E-state index is -4.69. The van der Waals surface area contributed by atoms with Gasteiger partial charge in [0.25, 0.3) is 20.2 Å². The SMILES string of the molecule is COc1cc(-c2ccc(N=C(O)c3ccc(N=Nc4c(O)cc(S(=O)(=O)O)c5ccccc45)c([O-])c3)c(OC)c2)ccc1N=C(O)c1ccc(N=Nc2c(O)cc(S(=O)(=O)O)c3ccccc23)c([O-])c1.[Na+].[Na+]. The average molecular weight is 1030 g/mol. The number of azo groups is 2. The van der Waals surface area contributed by atoms with E-state index < -0.39 is 64.8 Å². The largest absolute Gasteiger partial charge is 1.00 e. The van der Waals surface area contributed by atoms with Crippen molar-refractivity contribution in [2.45, 2.75) is 9.79 Å². The summed E-state index contributed by atoms with van der Waals surface area (Å²) in [4.78, 5) is 7.44. The monoisotopic (exact) mass is 1030 g/mol. The molecule has 0 aromatic heterocycles. The first kappa shape index (κ1) is 54.4. The van der Waals surface area contributed by atoms with Crippen LogP contribution in [0.25, 0.3) is 32.7 Å². The van der Waals surface area contributed by atoms with E-state index in [4.69, 9.17) is 9.47 Å². The quantitative estimate of drug-likeness (QED) is 0.0314. The average Bonchev–Trinajstić information content (AvgIpc) is 3.33. The normalized spacial score (nSPS) is 12.3. The van der Waals surface area contributed by atoms with Crippen LogP contribution in [-0.2, 0) is 20.2 Å². The van der Waals surface area contributed by atoms with Crippen LogP contribution in [0.5, 0.6) is 34.5 Å². The summed E-state index contributed by atoms with van der Waals surface area (Å²) in [5, 5.41) is 85.4. The van der Waals surface area contributed by atoms with Gasteiger partial charge in [-0.3, -0.25) is 9.11 Å². The summed E-state index contributed by atoms with van der Waals surface area (Å²) in [5.41, 5.74) is 1.01. The number of aliphatic imine (C=N–C) groups is 2. The smallest absolute Gasteiger partial charge is 0.871 e. The molecule has 0 heterocycles. The maximum atomic E-state index is 13.0. The molecule has 6 N–H and O–H groups in total. The van der Waals surface area contributed by atoms with Crippen molar-refractivity contribution < 1.29 is 125 Å². The number of ether oxygens (including phenoxy) is 2. The molecule has 0 saturated carbocycles. The second-order valence-corrected chi connectivity index (χ2v) is 17.7. The Hall–Kier alpha value is -6.96. The number of aliphatic hydroxyl groups is 2. The summed E-state index contributed by atoms with van der Waals surface area (Å²) in [7, 11) is -6.60.